The zero-order valence-corrected chi connectivity index (χ0v) is 11.4. The van der Waals surface area contributed by atoms with Crippen LogP contribution < -0.4 is 11.4 Å². The maximum Gasteiger partial charge on any atom is 0.469 e. The van der Waals surface area contributed by atoms with Crippen molar-refractivity contribution in [1.29, 1.82) is 0 Å². The van der Waals surface area contributed by atoms with Gasteiger partial charge in [-0.3, -0.25) is 9.09 Å². The van der Waals surface area contributed by atoms with Gasteiger partial charge in [-0.2, -0.15) is 4.98 Å². The number of nitrogens with two attached hydrogens (primary N) is 1. The van der Waals surface area contributed by atoms with Crippen molar-refractivity contribution in [2.24, 2.45) is 0 Å². The molecule has 0 bridgehead atoms. The maximum absolute atomic E-state index is 11.6. The van der Waals surface area contributed by atoms with E-state index in [0.29, 0.717) is 0 Å². The lowest BCUT2D eigenvalue weighted by Crippen LogP contribution is -2.36. The lowest BCUT2D eigenvalue weighted by atomic mass is 10.1. The van der Waals surface area contributed by atoms with Gasteiger partial charge < -0.3 is 30.5 Å². The number of rotatable bonds is 4. The van der Waals surface area contributed by atoms with E-state index >= 15 is 0 Å². The molecule has 0 amide bonds. The highest BCUT2D eigenvalue weighted by Gasteiger charge is 2.44. The third kappa shape index (κ3) is 3.66. The van der Waals surface area contributed by atoms with Crippen LogP contribution in [0.15, 0.2) is 17.1 Å². The third-order valence-corrected chi connectivity index (χ3v) is 3.36. The van der Waals surface area contributed by atoms with Crippen LogP contribution in [0.5, 0.6) is 0 Å². The van der Waals surface area contributed by atoms with Gasteiger partial charge in [0.1, 0.15) is 24.1 Å². The lowest BCUT2D eigenvalue weighted by Gasteiger charge is -2.16. The molecule has 0 saturated carbocycles. The van der Waals surface area contributed by atoms with Gasteiger partial charge in [0.2, 0.25) is 0 Å². The summed E-state index contributed by atoms with van der Waals surface area (Å²) in [5.74, 6) is -0.0225. The van der Waals surface area contributed by atoms with Crippen molar-refractivity contribution < 1.29 is 33.8 Å². The molecule has 1 saturated heterocycles. The fourth-order valence-electron chi connectivity index (χ4n) is 1.89. The van der Waals surface area contributed by atoms with Crippen LogP contribution in [0.4, 0.5) is 5.82 Å². The number of hydrogen-bond donors (Lipinski definition) is 5. The lowest BCUT2D eigenvalue weighted by molar-refractivity contribution is -0.0542. The minimum Gasteiger partial charge on any atom is -0.387 e. The van der Waals surface area contributed by atoms with Gasteiger partial charge in [0.25, 0.3) is 0 Å². The number of aromatic nitrogens is 2. The molecule has 0 aliphatic carbocycles. The molecule has 2 heterocycles. The highest BCUT2D eigenvalue weighted by Crippen LogP contribution is 2.38. The average Bonchev–Trinajstić information content (AvgIpc) is 2.64. The summed E-state index contributed by atoms with van der Waals surface area (Å²) in [7, 11) is -4.74. The number of hydrogen-bond acceptors (Lipinski definition) is 8. The summed E-state index contributed by atoms with van der Waals surface area (Å²) in [5.41, 5.74) is 4.52. The van der Waals surface area contributed by atoms with Crippen LogP contribution in [0.25, 0.3) is 0 Å². The van der Waals surface area contributed by atoms with E-state index in [1.54, 1.807) is 0 Å². The Labute approximate surface area is 117 Å². The van der Waals surface area contributed by atoms with Gasteiger partial charge in [0.05, 0.1) is 6.61 Å². The highest BCUT2D eigenvalue weighted by atomic mass is 31.2. The van der Waals surface area contributed by atoms with Gasteiger partial charge in [0, 0.05) is 6.20 Å². The number of aliphatic hydroxyl groups is 2. The zero-order valence-electron chi connectivity index (χ0n) is 10.5. The summed E-state index contributed by atoms with van der Waals surface area (Å²) in [5, 5.41) is 19.6. The predicted molar refractivity (Wildman–Crippen MR) is 66.8 cm³/mol. The molecule has 6 N–H and O–H groups in total. The van der Waals surface area contributed by atoms with Crippen LogP contribution in [-0.4, -0.2) is 54.5 Å². The van der Waals surface area contributed by atoms with Crippen molar-refractivity contribution in [1.82, 2.24) is 9.55 Å². The van der Waals surface area contributed by atoms with Gasteiger partial charge in [-0.15, -0.1) is 0 Å². The van der Waals surface area contributed by atoms with Crippen LogP contribution in [-0.2, 0) is 13.8 Å². The van der Waals surface area contributed by atoms with Gasteiger partial charge in [0.15, 0.2) is 6.23 Å². The Hall–Kier alpha value is -1.33. The van der Waals surface area contributed by atoms with E-state index in [-0.39, 0.29) is 5.82 Å². The van der Waals surface area contributed by atoms with Gasteiger partial charge >= 0.3 is 13.5 Å². The number of nitrogen functional groups attached to an aromatic ring is 1. The predicted octanol–water partition coefficient (Wildman–Crippen LogP) is -2.45. The van der Waals surface area contributed by atoms with Crippen molar-refractivity contribution in [3.05, 3.63) is 22.7 Å². The third-order valence-electron chi connectivity index (χ3n) is 2.87. The normalized spacial score (nSPS) is 29.7. The van der Waals surface area contributed by atoms with Gasteiger partial charge in [-0.1, -0.05) is 0 Å². The monoisotopic (exact) mass is 323 g/mol. The summed E-state index contributed by atoms with van der Waals surface area (Å²) >= 11 is 0. The minimum absolute atomic E-state index is 0.0225. The molecule has 1 aromatic rings. The number of anilines is 1. The van der Waals surface area contributed by atoms with Crippen molar-refractivity contribution in [3.63, 3.8) is 0 Å². The molecule has 12 heteroatoms. The van der Waals surface area contributed by atoms with Crippen LogP contribution >= 0.6 is 7.82 Å². The highest BCUT2D eigenvalue weighted by molar-refractivity contribution is 7.46. The van der Waals surface area contributed by atoms with E-state index in [4.69, 9.17) is 20.3 Å². The van der Waals surface area contributed by atoms with E-state index in [1.807, 2.05) is 0 Å². The quantitative estimate of drug-likeness (QED) is 0.374. The van der Waals surface area contributed by atoms with Crippen LogP contribution in [0, 0.1) is 0 Å². The molecule has 2 rings (SSSR count). The Morgan fingerprint density at radius 1 is 1.43 bits per heavy atom. The fraction of sp³-hybridized carbons (Fsp3) is 0.556. The van der Waals surface area contributed by atoms with Crippen molar-refractivity contribution >= 4 is 13.6 Å². The molecule has 0 radical (unpaired) electrons. The molecule has 11 nitrogen and oxygen atoms in total. The van der Waals surface area contributed by atoms with E-state index in [0.717, 1.165) is 4.57 Å². The number of phosphoric acid groups is 1. The first-order valence-corrected chi connectivity index (χ1v) is 7.28. The van der Waals surface area contributed by atoms with Gasteiger partial charge in [-0.05, 0) is 6.07 Å². The second-order valence-electron chi connectivity index (χ2n) is 4.37. The molecule has 4 atom stereocenters. The first-order valence-electron chi connectivity index (χ1n) is 5.75. The summed E-state index contributed by atoms with van der Waals surface area (Å²) in [6.07, 6.45) is -4.27. The number of ether oxygens (including phenoxy) is 1. The van der Waals surface area contributed by atoms with E-state index in [9.17, 15) is 19.6 Å². The molecule has 1 aliphatic heterocycles. The van der Waals surface area contributed by atoms with Crippen molar-refractivity contribution in [3.8, 4) is 0 Å². The smallest absolute Gasteiger partial charge is 0.387 e. The van der Waals surface area contributed by atoms with E-state index in [2.05, 4.69) is 9.51 Å². The standard InChI is InChI=1S/C9H14N3O8P/c10-5-1-2-12(9(15)11-5)8-7(14)6(13)4(20-8)3-19-21(16,17)18/h1-2,4,6-8,13-14H,3H2,(H2,10,11,15)(H2,16,17,18)/t4-,6+,7-,8+/m0/s1. The number of nitrogens with zero attached hydrogens (tertiary/aromatic N) is 2. The van der Waals surface area contributed by atoms with E-state index in [1.165, 1.54) is 12.3 Å². The largest absolute Gasteiger partial charge is 0.469 e. The Morgan fingerprint density at radius 3 is 2.67 bits per heavy atom. The van der Waals surface area contributed by atoms with Crippen LogP contribution in [0.1, 0.15) is 6.23 Å². The summed E-state index contributed by atoms with van der Waals surface area (Å²) in [6, 6.07) is 1.29. The van der Waals surface area contributed by atoms with E-state index < -0.39 is 44.7 Å². The minimum atomic E-state index is -4.74. The summed E-state index contributed by atoms with van der Waals surface area (Å²) in [6.45, 7) is -0.657. The second-order valence-corrected chi connectivity index (χ2v) is 5.61. The molecule has 0 aromatic carbocycles. The van der Waals surface area contributed by atoms with Gasteiger partial charge in [-0.25, -0.2) is 9.36 Å². The molecule has 0 spiro atoms. The Kier molecular flexibility index (Phi) is 4.44. The van der Waals surface area contributed by atoms with Crippen molar-refractivity contribution in [2.45, 2.75) is 24.5 Å². The molecule has 21 heavy (non-hydrogen) atoms. The number of aliphatic hydroxyl groups excluding tert-OH is 2. The van der Waals surface area contributed by atoms with Crippen LogP contribution in [0.2, 0.25) is 0 Å². The molecule has 1 aliphatic rings. The Morgan fingerprint density at radius 2 is 2.10 bits per heavy atom. The molecule has 1 fully saturated rings. The average molecular weight is 323 g/mol. The fourth-order valence-corrected chi connectivity index (χ4v) is 2.23. The SMILES string of the molecule is Nc1ccn([C@@H]2O[C@@H](COP(=O)(O)O)[C@@H](O)[C@@H]2O)c(=O)n1. The van der Waals surface area contributed by atoms with Crippen LogP contribution in [0.3, 0.4) is 0 Å². The molecule has 0 unspecified atom stereocenters. The second kappa shape index (κ2) is 5.81. The summed E-state index contributed by atoms with van der Waals surface area (Å²) < 4.78 is 20.9. The molecule has 118 valence electrons. The Balaban J connectivity index is 2.16. The summed E-state index contributed by atoms with van der Waals surface area (Å²) in [4.78, 5) is 32.3. The molecule has 1 aromatic heterocycles. The first-order chi connectivity index (χ1) is 9.69. The molecular weight excluding hydrogens is 309 g/mol. The topological polar surface area (TPSA) is 177 Å². The molecular formula is C9H14N3O8P. The number of phosphoric ester groups is 1. The zero-order chi connectivity index (χ0) is 15.8. The Bertz CT molecular complexity index is 615. The van der Waals surface area contributed by atoms with Crippen molar-refractivity contribution in [2.75, 3.05) is 12.3 Å². The maximum atomic E-state index is 11.6. The first kappa shape index (κ1) is 16.0.